The summed E-state index contributed by atoms with van der Waals surface area (Å²) in [5.41, 5.74) is 5.68. The van der Waals surface area contributed by atoms with Crippen LogP contribution >= 0.6 is 56.7 Å². The molecule has 0 N–H and O–H groups in total. The number of rotatable bonds is 16. The summed E-state index contributed by atoms with van der Waals surface area (Å²) in [5.74, 6) is 0. The molecule has 250 valence electrons. The summed E-state index contributed by atoms with van der Waals surface area (Å²) >= 11 is 9.85. The molecule has 7 rings (SSSR count). The average molecular weight is 733 g/mol. The standard InChI is InChI=1S/C44H44S5/c1-3-5-7-11-21-33-29-41(39-26-24-36(46-39)32-19-15-10-16-20-32)48-44(33)42-30-34(22-12-8-6-4-2)43(49-42)40-28-27-38(47-40)37-25-23-35(45-37)31-17-13-9-14-18-31/h9-10,13-20,23-30H,3-8,11-12,21-22H2,1-2H3. The number of benzene rings is 2. The molecule has 2 aromatic carbocycles. The van der Waals surface area contributed by atoms with Gasteiger partial charge in [-0.05, 0) is 96.5 Å². The third-order valence-electron chi connectivity index (χ3n) is 9.09. The maximum Gasteiger partial charge on any atom is 0.0481 e. The Morgan fingerprint density at radius 3 is 1.29 bits per heavy atom. The van der Waals surface area contributed by atoms with Gasteiger partial charge in [-0.25, -0.2) is 0 Å². The minimum Gasteiger partial charge on any atom is -0.134 e. The smallest absolute Gasteiger partial charge is 0.0481 e. The predicted molar refractivity (Wildman–Crippen MR) is 224 cm³/mol. The summed E-state index contributed by atoms with van der Waals surface area (Å²) in [4.78, 5) is 14.1. The van der Waals surface area contributed by atoms with Crippen LogP contribution in [0.15, 0.2) is 109 Å². The molecular weight excluding hydrogens is 689 g/mol. The second-order valence-electron chi connectivity index (χ2n) is 12.8. The molecule has 0 aliphatic rings. The van der Waals surface area contributed by atoms with E-state index in [-0.39, 0.29) is 0 Å². The first-order chi connectivity index (χ1) is 24.2. The first kappa shape index (κ1) is 34.4. The minimum atomic E-state index is 1.16. The van der Waals surface area contributed by atoms with Crippen LogP contribution in [0.25, 0.3) is 59.9 Å². The first-order valence-corrected chi connectivity index (χ1v) is 22.0. The Labute approximate surface area is 312 Å². The van der Waals surface area contributed by atoms with E-state index in [2.05, 4.69) is 123 Å². The fourth-order valence-corrected chi connectivity index (χ4v) is 12.3. The van der Waals surface area contributed by atoms with Gasteiger partial charge in [-0.3, -0.25) is 0 Å². The second-order valence-corrected chi connectivity index (χ2v) is 18.1. The molecule has 0 saturated carbocycles. The molecule has 5 heteroatoms. The molecule has 0 atom stereocenters. The zero-order valence-electron chi connectivity index (χ0n) is 28.5. The molecule has 0 aliphatic heterocycles. The van der Waals surface area contributed by atoms with Crippen LogP contribution in [0.1, 0.15) is 76.3 Å². The van der Waals surface area contributed by atoms with Crippen LogP contribution in [-0.4, -0.2) is 0 Å². The van der Waals surface area contributed by atoms with E-state index in [1.54, 1.807) is 0 Å². The summed E-state index contributed by atoms with van der Waals surface area (Å²) < 4.78 is 0. The highest BCUT2D eigenvalue weighted by Crippen LogP contribution is 2.49. The lowest BCUT2D eigenvalue weighted by Gasteiger charge is -2.02. The fourth-order valence-electron chi connectivity index (χ4n) is 6.41. The molecule has 7 aromatic rings. The Kier molecular flexibility index (Phi) is 11.8. The molecule has 0 radical (unpaired) electrons. The number of hydrogen-bond acceptors (Lipinski definition) is 5. The van der Waals surface area contributed by atoms with Crippen molar-refractivity contribution in [2.75, 3.05) is 0 Å². The van der Waals surface area contributed by atoms with Gasteiger partial charge in [-0.1, -0.05) is 113 Å². The molecule has 5 heterocycles. The Morgan fingerprint density at radius 2 is 0.755 bits per heavy atom. The van der Waals surface area contributed by atoms with Crippen molar-refractivity contribution in [3.63, 3.8) is 0 Å². The number of hydrogen-bond donors (Lipinski definition) is 0. The van der Waals surface area contributed by atoms with Crippen molar-refractivity contribution in [1.29, 1.82) is 0 Å². The van der Waals surface area contributed by atoms with Crippen molar-refractivity contribution in [2.45, 2.75) is 78.1 Å². The van der Waals surface area contributed by atoms with E-state index >= 15 is 0 Å². The van der Waals surface area contributed by atoms with Crippen molar-refractivity contribution >= 4 is 56.7 Å². The molecule has 5 aromatic heterocycles. The lowest BCUT2D eigenvalue weighted by molar-refractivity contribution is 0.667. The van der Waals surface area contributed by atoms with Gasteiger partial charge in [-0.15, -0.1) is 56.7 Å². The third-order valence-corrected chi connectivity index (χ3v) is 15.5. The van der Waals surface area contributed by atoms with Crippen LogP contribution < -0.4 is 0 Å². The van der Waals surface area contributed by atoms with E-state index in [1.807, 2.05) is 56.7 Å². The van der Waals surface area contributed by atoms with E-state index in [1.165, 1.54) is 122 Å². The molecule has 0 bridgehead atoms. The Balaban J connectivity index is 1.22. The van der Waals surface area contributed by atoms with Crippen LogP contribution in [0.2, 0.25) is 0 Å². The molecule has 0 nitrogen and oxygen atoms in total. The number of thiophene rings is 5. The van der Waals surface area contributed by atoms with Gasteiger partial charge in [-0.2, -0.15) is 0 Å². The maximum atomic E-state index is 2.57. The molecule has 0 spiro atoms. The van der Waals surface area contributed by atoms with Gasteiger partial charge < -0.3 is 0 Å². The summed E-state index contributed by atoms with van der Waals surface area (Å²) in [7, 11) is 0. The minimum absolute atomic E-state index is 1.16. The first-order valence-electron chi connectivity index (χ1n) is 17.9. The van der Waals surface area contributed by atoms with Gasteiger partial charge in [0.1, 0.15) is 0 Å². The van der Waals surface area contributed by atoms with Crippen LogP contribution in [0.5, 0.6) is 0 Å². The summed E-state index contributed by atoms with van der Waals surface area (Å²) in [6.07, 6.45) is 12.6. The Bertz CT molecular complexity index is 2050. The Hall–Kier alpha value is -3.06. The fraction of sp³-hybridized carbons (Fsp3) is 0.273. The van der Waals surface area contributed by atoms with Crippen LogP contribution in [0, 0.1) is 0 Å². The number of aryl methyl sites for hydroxylation is 2. The van der Waals surface area contributed by atoms with Gasteiger partial charge in [0.2, 0.25) is 0 Å². The molecular formula is C44H44S5. The van der Waals surface area contributed by atoms with Gasteiger partial charge in [0.05, 0.1) is 0 Å². The molecule has 0 unspecified atom stereocenters. The zero-order valence-corrected chi connectivity index (χ0v) is 32.6. The Morgan fingerprint density at radius 1 is 0.347 bits per heavy atom. The largest absolute Gasteiger partial charge is 0.134 e. The molecule has 0 fully saturated rings. The lowest BCUT2D eigenvalue weighted by atomic mass is 10.0. The van der Waals surface area contributed by atoms with Crippen LogP contribution in [0.3, 0.4) is 0 Å². The monoisotopic (exact) mass is 732 g/mol. The van der Waals surface area contributed by atoms with E-state index < -0.39 is 0 Å². The molecule has 0 aliphatic carbocycles. The van der Waals surface area contributed by atoms with Crippen molar-refractivity contribution in [3.05, 3.63) is 120 Å². The molecule has 0 saturated heterocycles. The van der Waals surface area contributed by atoms with Gasteiger partial charge in [0.15, 0.2) is 0 Å². The van der Waals surface area contributed by atoms with Crippen LogP contribution in [0.4, 0.5) is 0 Å². The lowest BCUT2D eigenvalue weighted by Crippen LogP contribution is -1.86. The normalized spacial score (nSPS) is 11.5. The van der Waals surface area contributed by atoms with Gasteiger partial charge in [0.25, 0.3) is 0 Å². The topological polar surface area (TPSA) is 0 Å². The van der Waals surface area contributed by atoms with E-state index in [4.69, 9.17) is 0 Å². The second kappa shape index (κ2) is 16.8. The summed E-state index contributed by atoms with van der Waals surface area (Å²) in [6, 6.07) is 40.7. The summed E-state index contributed by atoms with van der Waals surface area (Å²) in [6.45, 7) is 4.61. The molecule has 49 heavy (non-hydrogen) atoms. The van der Waals surface area contributed by atoms with Crippen LogP contribution in [-0.2, 0) is 12.8 Å². The van der Waals surface area contributed by atoms with E-state index in [0.29, 0.717) is 0 Å². The maximum absolute atomic E-state index is 2.57. The van der Waals surface area contributed by atoms with E-state index in [0.717, 1.165) is 12.8 Å². The quantitative estimate of drug-likeness (QED) is 0.0868. The van der Waals surface area contributed by atoms with Gasteiger partial charge >= 0.3 is 0 Å². The van der Waals surface area contributed by atoms with Gasteiger partial charge in [0, 0.05) is 48.8 Å². The molecule has 0 amide bonds. The predicted octanol–water partition coefficient (Wildman–Crippen LogP) is 16.2. The van der Waals surface area contributed by atoms with Crippen molar-refractivity contribution in [1.82, 2.24) is 0 Å². The van der Waals surface area contributed by atoms with Crippen molar-refractivity contribution < 1.29 is 0 Å². The zero-order chi connectivity index (χ0) is 33.4. The number of unbranched alkanes of at least 4 members (excludes halogenated alkanes) is 6. The van der Waals surface area contributed by atoms with Crippen molar-refractivity contribution in [3.8, 4) is 59.9 Å². The van der Waals surface area contributed by atoms with Crippen molar-refractivity contribution in [2.24, 2.45) is 0 Å². The SMILES string of the molecule is CCCCCCc1cc(-c2ccc(-c3ccccc3)s2)sc1-c1cc(CCCCCC)c(-c2ccc(-c3ccc(-c4ccccc4)s3)s2)s1. The third kappa shape index (κ3) is 8.30. The highest BCUT2D eigenvalue weighted by atomic mass is 32.1. The average Bonchev–Trinajstić information content (AvgIpc) is 3.98. The summed E-state index contributed by atoms with van der Waals surface area (Å²) in [5, 5.41) is 0. The highest BCUT2D eigenvalue weighted by Gasteiger charge is 2.20. The highest BCUT2D eigenvalue weighted by molar-refractivity contribution is 7.30. The van der Waals surface area contributed by atoms with E-state index in [9.17, 15) is 0 Å².